The van der Waals surface area contributed by atoms with Crippen LogP contribution in [0.4, 0.5) is 0 Å². The molecule has 0 saturated carbocycles. The third-order valence-electron chi connectivity index (χ3n) is 11.8. The van der Waals surface area contributed by atoms with Gasteiger partial charge < -0.3 is 27.9 Å². The first-order valence-corrected chi connectivity index (χ1v) is 25.8. The molecule has 322 valence electrons. The topological polar surface area (TPSA) is 88.1 Å². The molecular formula is C46H64N2O7S4+2. The Bertz CT molecular complexity index is 1840. The number of nitrogens with zero attached hydrogens (tertiary/aromatic N) is 2. The molecule has 5 rings (SSSR count). The zero-order chi connectivity index (χ0) is 43.1. The number of rotatable bonds is 22. The number of benzene rings is 3. The van der Waals surface area contributed by atoms with Gasteiger partial charge in [0.15, 0.2) is 5.60 Å². The van der Waals surface area contributed by atoms with Crippen LogP contribution in [0.3, 0.4) is 0 Å². The summed E-state index contributed by atoms with van der Waals surface area (Å²) in [7, 11) is 20.5. The van der Waals surface area contributed by atoms with Crippen LogP contribution in [-0.2, 0) is 19.9 Å². The molecule has 0 atom stereocenters. The summed E-state index contributed by atoms with van der Waals surface area (Å²) in [5, 5.41) is 0. The van der Waals surface area contributed by atoms with E-state index < -0.39 is 22.4 Å². The predicted octanol–water partition coefficient (Wildman–Crippen LogP) is 10.6. The maximum atomic E-state index is 14.0. The van der Waals surface area contributed by atoms with Crippen molar-refractivity contribution in [2.75, 3.05) is 78.4 Å². The van der Waals surface area contributed by atoms with E-state index in [0.717, 1.165) is 45.1 Å². The Morgan fingerprint density at radius 1 is 0.610 bits per heavy atom. The number of ether oxygens (including phenoxy) is 4. The molecule has 0 radical (unpaired) electrons. The summed E-state index contributed by atoms with van der Waals surface area (Å²) in [6.07, 6.45) is 4.04. The minimum absolute atomic E-state index is 0.270. The molecule has 3 aromatic rings. The molecule has 0 amide bonds. The van der Waals surface area contributed by atoms with E-state index in [1.54, 1.807) is 30.3 Å². The van der Waals surface area contributed by atoms with E-state index in [1.807, 2.05) is 101 Å². The first-order chi connectivity index (χ1) is 28.0. The first-order valence-electron chi connectivity index (χ1n) is 20.8. The van der Waals surface area contributed by atoms with Crippen molar-refractivity contribution >= 4 is 61.1 Å². The lowest BCUT2D eigenvalue weighted by molar-refractivity contribution is -0.867. The van der Waals surface area contributed by atoms with Gasteiger partial charge in [-0.15, -0.1) is 0 Å². The first kappa shape index (κ1) is 47.2. The van der Waals surface area contributed by atoms with Crippen LogP contribution in [0.15, 0.2) is 60.7 Å². The van der Waals surface area contributed by atoms with Crippen LogP contribution < -0.4 is 14.2 Å². The van der Waals surface area contributed by atoms with Crippen molar-refractivity contribution in [1.82, 2.24) is 0 Å². The molecule has 13 heteroatoms. The molecule has 3 aromatic carbocycles. The molecular weight excluding hydrogens is 821 g/mol. The van der Waals surface area contributed by atoms with E-state index in [0.29, 0.717) is 83.8 Å². The highest BCUT2D eigenvalue weighted by Gasteiger charge is 2.54. The normalized spacial score (nSPS) is 14.6. The molecule has 2 heterocycles. The summed E-state index contributed by atoms with van der Waals surface area (Å²) in [6, 6.07) is 17.9. The van der Waals surface area contributed by atoms with Gasteiger partial charge in [-0.3, -0.25) is 9.59 Å². The van der Waals surface area contributed by atoms with Crippen LogP contribution in [0.2, 0.25) is 0 Å². The SMILES string of the molecule is CCC(CC)(CCSSCC[N+](C)(C)C)C(=O)Oc1ccc2c(c1)Oc1cc(OC(=O)C(CC)(CC)CCSSCC[N+](C)(C)C)ccc1C21OC(=O)c2ccccc21. The lowest BCUT2D eigenvalue weighted by Gasteiger charge is -2.37. The second-order valence-corrected chi connectivity index (χ2v) is 23.0. The molecule has 0 unspecified atom stereocenters. The van der Waals surface area contributed by atoms with Gasteiger partial charge in [0.2, 0.25) is 0 Å². The van der Waals surface area contributed by atoms with Gasteiger partial charge in [0.1, 0.15) is 23.0 Å². The van der Waals surface area contributed by atoms with E-state index >= 15 is 0 Å². The number of fused-ring (bicyclic) bond motifs is 6. The van der Waals surface area contributed by atoms with Crippen LogP contribution in [-0.4, -0.2) is 105 Å². The van der Waals surface area contributed by atoms with Gasteiger partial charge in [0.25, 0.3) is 0 Å². The molecule has 2 aliphatic rings. The van der Waals surface area contributed by atoms with Crippen molar-refractivity contribution in [1.29, 1.82) is 0 Å². The van der Waals surface area contributed by atoms with Crippen LogP contribution in [0.1, 0.15) is 93.3 Å². The summed E-state index contributed by atoms with van der Waals surface area (Å²) in [5.41, 5.74) is -0.216. The lowest BCUT2D eigenvalue weighted by Crippen LogP contribution is -2.36. The van der Waals surface area contributed by atoms with Crippen molar-refractivity contribution in [2.45, 2.75) is 71.8 Å². The second kappa shape index (κ2) is 19.9. The zero-order valence-corrected chi connectivity index (χ0v) is 39.9. The highest BCUT2D eigenvalue weighted by Crippen LogP contribution is 2.57. The van der Waals surface area contributed by atoms with Crippen LogP contribution in [0.5, 0.6) is 23.0 Å². The number of esters is 3. The molecule has 59 heavy (non-hydrogen) atoms. The average molecular weight is 885 g/mol. The number of quaternary nitrogens is 2. The van der Waals surface area contributed by atoms with Crippen LogP contribution >= 0.6 is 43.2 Å². The molecule has 0 aliphatic carbocycles. The van der Waals surface area contributed by atoms with Gasteiger partial charge in [-0.1, -0.05) is 89.1 Å². The summed E-state index contributed by atoms with van der Waals surface area (Å²) in [4.78, 5) is 41.5. The van der Waals surface area contributed by atoms with Crippen molar-refractivity contribution in [3.05, 3.63) is 82.9 Å². The molecule has 0 saturated heterocycles. The van der Waals surface area contributed by atoms with Gasteiger partial charge in [0, 0.05) is 40.3 Å². The highest BCUT2D eigenvalue weighted by molar-refractivity contribution is 8.77. The summed E-state index contributed by atoms with van der Waals surface area (Å²) in [5.74, 6) is 4.24. The molecule has 2 aliphatic heterocycles. The van der Waals surface area contributed by atoms with E-state index in [4.69, 9.17) is 18.9 Å². The number of hydrogen-bond acceptors (Lipinski definition) is 11. The quantitative estimate of drug-likeness (QED) is 0.0318. The van der Waals surface area contributed by atoms with Crippen molar-refractivity contribution in [3.8, 4) is 23.0 Å². The minimum atomic E-state index is -1.32. The fraction of sp³-hybridized carbons (Fsp3) is 0.543. The molecule has 0 fully saturated rings. The Balaban J connectivity index is 1.39. The Hall–Kier alpha value is -2.81. The number of carbonyl (C=O) groups excluding carboxylic acids is 3. The van der Waals surface area contributed by atoms with Gasteiger partial charge in [0.05, 0.1) is 83.3 Å². The molecule has 1 spiro atoms. The predicted molar refractivity (Wildman–Crippen MR) is 247 cm³/mol. The van der Waals surface area contributed by atoms with E-state index in [9.17, 15) is 14.4 Å². The molecule has 0 aromatic heterocycles. The van der Waals surface area contributed by atoms with Crippen LogP contribution in [0, 0.1) is 10.8 Å². The summed E-state index contributed by atoms with van der Waals surface area (Å²) >= 11 is 0. The van der Waals surface area contributed by atoms with Gasteiger partial charge in [-0.2, -0.15) is 0 Å². The smallest absolute Gasteiger partial charge is 0.340 e. The number of hydrogen-bond donors (Lipinski definition) is 0. The van der Waals surface area contributed by atoms with Crippen LogP contribution in [0.25, 0.3) is 0 Å². The minimum Gasteiger partial charge on any atom is -0.456 e. The maximum Gasteiger partial charge on any atom is 0.340 e. The van der Waals surface area contributed by atoms with E-state index in [1.165, 1.54) is 0 Å². The van der Waals surface area contributed by atoms with Crippen molar-refractivity contribution in [2.24, 2.45) is 10.8 Å². The lowest BCUT2D eigenvalue weighted by atomic mass is 9.77. The molecule has 0 bridgehead atoms. The summed E-state index contributed by atoms with van der Waals surface area (Å²) < 4.78 is 27.1. The average Bonchev–Trinajstić information content (AvgIpc) is 3.48. The molecule has 0 N–H and O–H groups in total. The monoisotopic (exact) mass is 884 g/mol. The van der Waals surface area contributed by atoms with Gasteiger partial charge in [-0.25, -0.2) is 4.79 Å². The standard InChI is InChI=1S/C46H64N2O7S4/c1-11-44(12-2,23-27-56-58-29-25-47(5,6)7)42(50)52-33-19-21-37-39(31-33)54-40-32-34(20-22-38(40)46(37)36-18-16-15-17-35(36)41(49)55-46)53-43(51)45(13-3,14-4)24-28-57-59-30-26-48(8,9)10/h15-22,31-32H,11-14,23-30H2,1-10H3/q+2. The van der Waals surface area contributed by atoms with E-state index in [2.05, 4.69) is 42.3 Å². The Morgan fingerprint density at radius 3 is 1.46 bits per heavy atom. The Kier molecular flexibility index (Phi) is 16.0. The summed E-state index contributed by atoms with van der Waals surface area (Å²) in [6.45, 7) is 10.3. The third kappa shape index (κ3) is 11.0. The van der Waals surface area contributed by atoms with Crippen molar-refractivity contribution in [3.63, 3.8) is 0 Å². The molecule has 9 nitrogen and oxygen atoms in total. The number of carbonyl (C=O) groups is 3. The Morgan fingerprint density at radius 2 is 1.03 bits per heavy atom. The van der Waals surface area contributed by atoms with Gasteiger partial charge >= 0.3 is 17.9 Å². The second-order valence-electron chi connectivity index (χ2n) is 17.6. The fourth-order valence-electron chi connectivity index (χ4n) is 7.51. The highest BCUT2D eigenvalue weighted by atomic mass is 33.1. The third-order valence-corrected chi connectivity index (χ3v) is 16.6. The van der Waals surface area contributed by atoms with E-state index in [-0.39, 0.29) is 11.9 Å². The zero-order valence-electron chi connectivity index (χ0n) is 36.6. The fourth-order valence-corrected chi connectivity index (χ4v) is 12.5. The maximum absolute atomic E-state index is 14.0. The van der Waals surface area contributed by atoms with Gasteiger partial charge in [-0.05, 0) is 68.9 Å². The van der Waals surface area contributed by atoms with Crippen molar-refractivity contribution < 1.29 is 42.3 Å². The Labute approximate surface area is 368 Å². The largest absolute Gasteiger partial charge is 0.456 e.